The molecule has 0 aliphatic carbocycles. The minimum atomic E-state index is -0.903. The van der Waals surface area contributed by atoms with Crippen LogP contribution >= 0.6 is 0 Å². The molecule has 1 unspecified atom stereocenters. The number of aliphatic carboxylic acids is 1. The first-order valence-electron chi connectivity index (χ1n) is 6.60. The van der Waals surface area contributed by atoms with Gasteiger partial charge in [0.05, 0.1) is 5.92 Å². The van der Waals surface area contributed by atoms with Gasteiger partial charge in [-0.3, -0.25) is 9.78 Å². The van der Waals surface area contributed by atoms with Crippen LogP contribution in [-0.4, -0.2) is 40.1 Å². The Morgan fingerprint density at radius 1 is 1.50 bits per heavy atom. The first kappa shape index (κ1) is 15.9. The Morgan fingerprint density at radius 2 is 2.20 bits per heavy atom. The summed E-state index contributed by atoms with van der Waals surface area (Å²) in [6.45, 7) is 6.41. The van der Waals surface area contributed by atoms with Gasteiger partial charge in [-0.2, -0.15) is 0 Å². The highest BCUT2D eigenvalue weighted by Crippen LogP contribution is 2.05. The molecule has 0 aliphatic rings. The SMILES string of the molecule is CCN(CC(C)C(=O)O)C(=O)NCc1cnccc1C. The number of rotatable bonds is 6. The van der Waals surface area contributed by atoms with Crippen molar-refractivity contribution in [2.45, 2.75) is 27.3 Å². The van der Waals surface area contributed by atoms with Gasteiger partial charge >= 0.3 is 12.0 Å². The summed E-state index contributed by atoms with van der Waals surface area (Å²) in [5, 5.41) is 11.7. The second-order valence-corrected chi connectivity index (χ2v) is 4.74. The van der Waals surface area contributed by atoms with Crippen molar-refractivity contribution in [3.63, 3.8) is 0 Å². The molecule has 0 radical (unpaired) electrons. The molecule has 1 aromatic rings. The lowest BCUT2D eigenvalue weighted by Gasteiger charge is -2.23. The smallest absolute Gasteiger partial charge is 0.317 e. The van der Waals surface area contributed by atoms with E-state index in [4.69, 9.17) is 5.11 Å². The Balaban J connectivity index is 2.56. The average molecular weight is 279 g/mol. The molecule has 2 amide bonds. The molecule has 20 heavy (non-hydrogen) atoms. The van der Waals surface area contributed by atoms with Crippen LogP contribution in [0.25, 0.3) is 0 Å². The molecule has 1 rings (SSSR count). The Morgan fingerprint density at radius 3 is 2.75 bits per heavy atom. The zero-order valence-electron chi connectivity index (χ0n) is 12.1. The van der Waals surface area contributed by atoms with Crippen molar-refractivity contribution in [3.8, 4) is 0 Å². The van der Waals surface area contributed by atoms with Crippen LogP contribution in [0.5, 0.6) is 0 Å². The number of aryl methyl sites for hydroxylation is 1. The van der Waals surface area contributed by atoms with Gasteiger partial charge in [0.1, 0.15) is 0 Å². The second-order valence-electron chi connectivity index (χ2n) is 4.74. The topological polar surface area (TPSA) is 82.5 Å². The van der Waals surface area contributed by atoms with Crippen LogP contribution < -0.4 is 5.32 Å². The lowest BCUT2D eigenvalue weighted by molar-refractivity contribution is -0.141. The predicted octanol–water partition coefficient (Wildman–Crippen LogP) is 1.64. The first-order chi connectivity index (χ1) is 9.45. The van der Waals surface area contributed by atoms with Gasteiger partial charge in [-0.25, -0.2) is 4.79 Å². The highest BCUT2D eigenvalue weighted by Gasteiger charge is 2.19. The fraction of sp³-hybridized carbons (Fsp3) is 0.500. The van der Waals surface area contributed by atoms with Gasteiger partial charge in [-0.05, 0) is 31.0 Å². The lowest BCUT2D eigenvalue weighted by Crippen LogP contribution is -2.43. The monoisotopic (exact) mass is 279 g/mol. The number of hydrogen-bond acceptors (Lipinski definition) is 3. The molecule has 0 saturated carbocycles. The van der Waals surface area contributed by atoms with Gasteiger partial charge in [0.15, 0.2) is 0 Å². The van der Waals surface area contributed by atoms with Crippen LogP contribution in [0.3, 0.4) is 0 Å². The standard InChI is InChI=1S/C14H21N3O3/c1-4-17(9-11(3)13(18)19)14(20)16-8-12-7-15-6-5-10(12)2/h5-7,11H,4,8-9H2,1-3H3,(H,16,20)(H,18,19). The van der Waals surface area contributed by atoms with E-state index in [0.717, 1.165) is 11.1 Å². The maximum absolute atomic E-state index is 12.0. The van der Waals surface area contributed by atoms with Crippen molar-refractivity contribution in [2.75, 3.05) is 13.1 Å². The normalized spacial score (nSPS) is 11.8. The number of carbonyl (C=O) groups excluding carboxylic acids is 1. The highest BCUT2D eigenvalue weighted by molar-refractivity contribution is 5.76. The molecular weight excluding hydrogens is 258 g/mol. The molecule has 0 aliphatic heterocycles. The van der Waals surface area contributed by atoms with E-state index in [9.17, 15) is 9.59 Å². The second kappa shape index (κ2) is 7.47. The molecule has 1 atom stereocenters. The van der Waals surface area contributed by atoms with Crippen molar-refractivity contribution >= 4 is 12.0 Å². The summed E-state index contributed by atoms with van der Waals surface area (Å²) in [4.78, 5) is 28.4. The van der Waals surface area contributed by atoms with Crippen molar-refractivity contribution in [1.29, 1.82) is 0 Å². The van der Waals surface area contributed by atoms with E-state index in [0.29, 0.717) is 13.1 Å². The van der Waals surface area contributed by atoms with E-state index < -0.39 is 11.9 Å². The van der Waals surface area contributed by atoms with Crippen LogP contribution in [0, 0.1) is 12.8 Å². The van der Waals surface area contributed by atoms with Crippen molar-refractivity contribution < 1.29 is 14.7 Å². The van der Waals surface area contributed by atoms with Crippen molar-refractivity contribution in [3.05, 3.63) is 29.6 Å². The van der Waals surface area contributed by atoms with Crippen LogP contribution in [0.2, 0.25) is 0 Å². The minimum absolute atomic E-state index is 0.198. The van der Waals surface area contributed by atoms with Crippen LogP contribution in [0.1, 0.15) is 25.0 Å². The summed E-state index contributed by atoms with van der Waals surface area (Å²) in [5.74, 6) is -1.49. The molecule has 0 bridgehead atoms. The summed E-state index contributed by atoms with van der Waals surface area (Å²) in [6.07, 6.45) is 3.42. The molecule has 6 nitrogen and oxygen atoms in total. The summed E-state index contributed by atoms with van der Waals surface area (Å²) in [6, 6.07) is 1.62. The van der Waals surface area contributed by atoms with Gasteiger partial charge in [-0.15, -0.1) is 0 Å². The van der Waals surface area contributed by atoms with E-state index in [1.54, 1.807) is 19.3 Å². The predicted molar refractivity (Wildman–Crippen MR) is 75.3 cm³/mol. The first-order valence-corrected chi connectivity index (χ1v) is 6.60. The summed E-state index contributed by atoms with van der Waals surface area (Å²) < 4.78 is 0. The maximum atomic E-state index is 12.0. The van der Waals surface area contributed by atoms with E-state index >= 15 is 0 Å². The number of carbonyl (C=O) groups is 2. The number of nitrogens with one attached hydrogen (secondary N) is 1. The van der Waals surface area contributed by atoms with Crippen LogP contribution in [-0.2, 0) is 11.3 Å². The average Bonchev–Trinajstić information content (AvgIpc) is 2.43. The van der Waals surface area contributed by atoms with E-state index in [-0.39, 0.29) is 12.6 Å². The molecule has 0 saturated heterocycles. The largest absolute Gasteiger partial charge is 0.481 e. The van der Waals surface area contributed by atoms with Crippen LogP contribution in [0.15, 0.2) is 18.5 Å². The summed E-state index contributed by atoms with van der Waals surface area (Å²) >= 11 is 0. The maximum Gasteiger partial charge on any atom is 0.317 e. The van der Waals surface area contributed by atoms with Crippen molar-refractivity contribution in [2.24, 2.45) is 5.92 Å². The molecule has 0 aromatic carbocycles. The fourth-order valence-electron chi connectivity index (χ4n) is 1.73. The third-order valence-corrected chi connectivity index (χ3v) is 3.16. The molecule has 0 spiro atoms. The van der Waals surface area contributed by atoms with Gasteiger partial charge < -0.3 is 15.3 Å². The Hall–Kier alpha value is -2.11. The fourth-order valence-corrected chi connectivity index (χ4v) is 1.73. The number of pyridine rings is 1. The number of hydrogen-bond donors (Lipinski definition) is 2. The molecular formula is C14H21N3O3. The molecule has 2 N–H and O–H groups in total. The Kier molecular flexibility index (Phi) is 5.96. The number of aromatic nitrogens is 1. The van der Waals surface area contributed by atoms with Gasteiger partial charge in [-0.1, -0.05) is 6.92 Å². The van der Waals surface area contributed by atoms with Crippen molar-refractivity contribution in [1.82, 2.24) is 15.2 Å². The van der Waals surface area contributed by atoms with Gasteiger partial charge in [0, 0.05) is 32.0 Å². The summed E-state index contributed by atoms with van der Waals surface area (Å²) in [5.41, 5.74) is 2.01. The molecule has 0 fully saturated rings. The molecule has 6 heteroatoms. The lowest BCUT2D eigenvalue weighted by atomic mass is 10.1. The zero-order chi connectivity index (χ0) is 15.1. The number of amides is 2. The van der Waals surface area contributed by atoms with Gasteiger partial charge in [0.2, 0.25) is 0 Å². The van der Waals surface area contributed by atoms with E-state index in [2.05, 4.69) is 10.3 Å². The number of carboxylic acids is 1. The van der Waals surface area contributed by atoms with E-state index in [1.165, 1.54) is 4.90 Å². The number of carboxylic acid groups (broad SMARTS) is 1. The van der Waals surface area contributed by atoms with Gasteiger partial charge in [0.25, 0.3) is 0 Å². The number of nitrogens with zero attached hydrogens (tertiary/aromatic N) is 2. The summed E-state index contributed by atoms with van der Waals surface area (Å²) in [7, 11) is 0. The van der Waals surface area contributed by atoms with Crippen LogP contribution in [0.4, 0.5) is 4.79 Å². The Bertz CT molecular complexity index is 476. The quantitative estimate of drug-likeness (QED) is 0.829. The third-order valence-electron chi connectivity index (χ3n) is 3.16. The highest BCUT2D eigenvalue weighted by atomic mass is 16.4. The van der Waals surface area contributed by atoms with E-state index in [1.807, 2.05) is 19.9 Å². The zero-order valence-corrected chi connectivity index (χ0v) is 12.1. The molecule has 1 aromatic heterocycles. The molecule has 110 valence electrons. The number of urea groups is 1. The minimum Gasteiger partial charge on any atom is -0.481 e. The Labute approximate surface area is 118 Å². The third kappa shape index (κ3) is 4.53. The molecule has 1 heterocycles.